The minimum Gasteiger partial charge on any atom is -0.393 e. The first-order valence-electron chi connectivity index (χ1n) is 6.90. The summed E-state index contributed by atoms with van der Waals surface area (Å²) in [5, 5.41) is 12.4. The molecule has 1 aromatic heterocycles. The number of hydrogen-bond donors (Lipinski definition) is 2. The summed E-state index contributed by atoms with van der Waals surface area (Å²) < 4.78 is 0. The number of nitrogens with one attached hydrogen (secondary N) is 1. The van der Waals surface area contributed by atoms with E-state index < -0.39 is 0 Å². The van der Waals surface area contributed by atoms with Gasteiger partial charge in [-0.2, -0.15) is 0 Å². The highest BCUT2D eigenvalue weighted by molar-refractivity contribution is 6.04. The molecular formula is C15H17N3O2. The average Bonchev–Trinajstić information content (AvgIpc) is 2.90. The molecule has 1 saturated carbocycles. The fourth-order valence-corrected chi connectivity index (χ4v) is 2.74. The van der Waals surface area contributed by atoms with Gasteiger partial charge in [-0.25, -0.2) is 0 Å². The van der Waals surface area contributed by atoms with E-state index in [2.05, 4.69) is 15.3 Å². The van der Waals surface area contributed by atoms with Crippen LogP contribution in [0.1, 0.15) is 29.6 Å². The van der Waals surface area contributed by atoms with Gasteiger partial charge in [-0.1, -0.05) is 6.07 Å². The van der Waals surface area contributed by atoms with Crippen molar-refractivity contribution in [3.8, 4) is 0 Å². The van der Waals surface area contributed by atoms with Crippen LogP contribution in [0.4, 0.5) is 0 Å². The van der Waals surface area contributed by atoms with Gasteiger partial charge >= 0.3 is 0 Å². The molecule has 0 bridgehead atoms. The van der Waals surface area contributed by atoms with Crippen molar-refractivity contribution in [2.24, 2.45) is 5.92 Å². The minimum absolute atomic E-state index is 0.127. The number of carbonyl (C=O) groups is 1. The Bertz CT molecular complexity index is 624. The number of hydrogen-bond acceptors (Lipinski definition) is 4. The number of para-hydroxylation sites is 1. The largest absolute Gasteiger partial charge is 0.393 e. The molecule has 3 rings (SSSR count). The summed E-state index contributed by atoms with van der Waals surface area (Å²) >= 11 is 0. The summed E-state index contributed by atoms with van der Waals surface area (Å²) in [7, 11) is 0. The predicted molar refractivity (Wildman–Crippen MR) is 75.2 cm³/mol. The van der Waals surface area contributed by atoms with E-state index in [-0.39, 0.29) is 12.0 Å². The highest BCUT2D eigenvalue weighted by Gasteiger charge is 2.23. The lowest BCUT2D eigenvalue weighted by Crippen LogP contribution is -2.29. The maximum atomic E-state index is 12.3. The van der Waals surface area contributed by atoms with Crippen LogP contribution < -0.4 is 5.32 Å². The number of fused-ring (bicyclic) bond motifs is 1. The van der Waals surface area contributed by atoms with Crippen LogP contribution in [0.15, 0.2) is 30.6 Å². The molecule has 0 saturated heterocycles. The van der Waals surface area contributed by atoms with Crippen molar-refractivity contribution in [1.82, 2.24) is 15.3 Å². The third-order valence-electron chi connectivity index (χ3n) is 3.81. The van der Waals surface area contributed by atoms with Crippen LogP contribution in [-0.2, 0) is 0 Å². The van der Waals surface area contributed by atoms with E-state index in [9.17, 15) is 9.90 Å². The molecule has 1 amide bonds. The first-order valence-corrected chi connectivity index (χ1v) is 6.90. The van der Waals surface area contributed by atoms with Gasteiger partial charge in [0.2, 0.25) is 0 Å². The van der Waals surface area contributed by atoms with Crippen molar-refractivity contribution in [1.29, 1.82) is 0 Å². The molecule has 1 aromatic carbocycles. The lowest BCUT2D eigenvalue weighted by Gasteiger charge is -2.11. The van der Waals surface area contributed by atoms with E-state index in [1.807, 2.05) is 12.1 Å². The fraction of sp³-hybridized carbons (Fsp3) is 0.400. The zero-order valence-electron chi connectivity index (χ0n) is 11.1. The molecule has 2 N–H and O–H groups in total. The molecule has 1 fully saturated rings. The van der Waals surface area contributed by atoms with Crippen molar-refractivity contribution >= 4 is 16.9 Å². The molecule has 104 valence electrons. The number of nitrogens with zero attached hydrogens (tertiary/aromatic N) is 2. The standard InChI is InChI=1S/C15H17N3O2/c19-11-5-4-10(8-11)9-18-15(20)12-2-1-3-13-14(12)17-7-6-16-13/h1-3,6-7,10-11,19H,4-5,8-9H2,(H,18,20). The van der Waals surface area contributed by atoms with E-state index in [1.165, 1.54) is 0 Å². The van der Waals surface area contributed by atoms with E-state index in [1.54, 1.807) is 18.5 Å². The zero-order chi connectivity index (χ0) is 13.9. The maximum Gasteiger partial charge on any atom is 0.253 e. The molecule has 2 atom stereocenters. The first kappa shape index (κ1) is 13.0. The predicted octanol–water partition coefficient (Wildman–Crippen LogP) is 1.52. The van der Waals surface area contributed by atoms with Crippen LogP contribution in [0.2, 0.25) is 0 Å². The second-order valence-corrected chi connectivity index (χ2v) is 5.27. The lowest BCUT2D eigenvalue weighted by molar-refractivity contribution is 0.0946. The summed E-state index contributed by atoms with van der Waals surface area (Å²) in [6.45, 7) is 0.604. The molecule has 2 unspecified atom stereocenters. The summed E-state index contributed by atoms with van der Waals surface area (Å²) in [4.78, 5) is 20.7. The average molecular weight is 271 g/mol. The quantitative estimate of drug-likeness (QED) is 0.887. The van der Waals surface area contributed by atoms with Crippen LogP contribution in [-0.4, -0.2) is 33.6 Å². The van der Waals surface area contributed by atoms with E-state index in [0.29, 0.717) is 23.5 Å². The second kappa shape index (κ2) is 5.54. The van der Waals surface area contributed by atoms with Crippen molar-refractivity contribution in [3.63, 3.8) is 0 Å². The normalized spacial score (nSPS) is 22.1. The number of amides is 1. The van der Waals surface area contributed by atoms with Crippen LogP contribution in [0.5, 0.6) is 0 Å². The molecule has 5 heteroatoms. The smallest absolute Gasteiger partial charge is 0.253 e. The minimum atomic E-state index is -0.208. The van der Waals surface area contributed by atoms with Crippen LogP contribution >= 0.6 is 0 Å². The Morgan fingerprint density at radius 1 is 1.30 bits per heavy atom. The Hall–Kier alpha value is -2.01. The monoisotopic (exact) mass is 271 g/mol. The Labute approximate surface area is 117 Å². The van der Waals surface area contributed by atoms with Gasteiger partial charge in [0.25, 0.3) is 5.91 Å². The lowest BCUT2D eigenvalue weighted by atomic mass is 10.1. The Morgan fingerprint density at radius 3 is 2.95 bits per heavy atom. The molecule has 1 aliphatic rings. The van der Waals surface area contributed by atoms with Crippen molar-refractivity contribution in [3.05, 3.63) is 36.2 Å². The van der Waals surface area contributed by atoms with Crippen molar-refractivity contribution in [2.75, 3.05) is 6.54 Å². The highest BCUT2D eigenvalue weighted by atomic mass is 16.3. The number of aliphatic hydroxyl groups is 1. The number of aliphatic hydroxyl groups excluding tert-OH is 1. The van der Waals surface area contributed by atoms with Crippen LogP contribution in [0.25, 0.3) is 11.0 Å². The summed E-state index contributed by atoms with van der Waals surface area (Å²) in [6, 6.07) is 5.41. The molecule has 1 aliphatic carbocycles. The number of rotatable bonds is 3. The molecule has 2 aromatic rings. The summed E-state index contributed by atoms with van der Waals surface area (Å²) in [5.74, 6) is 0.243. The second-order valence-electron chi connectivity index (χ2n) is 5.27. The topological polar surface area (TPSA) is 75.1 Å². The zero-order valence-corrected chi connectivity index (χ0v) is 11.1. The molecule has 0 spiro atoms. The van der Waals surface area contributed by atoms with Crippen molar-refractivity contribution in [2.45, 2.75) is 25.4 Å². The van der Waals surface area contributed by atoms with E-state index in [0.717, 1.165) is 24.8 Å². The van der Waals surface area contributed by atoms with Gasteiger partial charge in [-0.15, -0.1) is 0 Å². The molecule has 20 heavy (non-hydrogen) atoms. The third kappa shape index (κ3) is 2.63. The number of aromatic nitrogens is 2. The fourth-order valence-electron chi connectivity index (χ4n) is 2.74. The number of benzene rings is 1. The van der Waals surface area contributed by atoms with Crippen LogP contribution in [0.3, 0.4) is 0 Å². The van der Waals surface area contributed by atoms with Gasteiger partial charge in [0.05, 0.1) is 17.2 Å². The summed E-state index contributed by atoms with van der Waals surface area (Å²) in [5.41, 5.74) is 1.89. The third-order valence-corrected chi connectivity index (χ3v) is 3.81. The van der Waals surface area contributed by atoms with Crippen molar-refractivity contribution < 1.29 is 9.90 Å². The van der Waals surface area contributed by atoms with Gasteiger partial charge in [0.1, 0.15) is 5.52 Å². The molecule has 1 heterocycles. The maximum absolute atomic E-state index is 12.3. The van der Waals surface area contributed by atoms with E-state index in [4.69, 9.17) is 0 Å². The molecular weight excluding hydrogens is 254 g/mol. The van der Waals surface area contributed by atoms with Crippen LogP contribution in [0, 0.1) is 5.92 Å². The van der Waals surface area contributed by atoms with Gasteiger partial charge in [-0.3, -0.25) is 14.8 Å². The van der Waals surface area contributed by atoms with Gasteiger partial charge in [0.15, 0.2) is 0 Å². The van der Waals surface area contributed by atoms with Gasteiger partial charge < -0.3 is 10.4 Å². The molecule has 0 radical (unpaired) electrons. The Balaban J connectivity index is 1.72. The number of carbonyl (C=O) groups excluding carboxylic acids is 1. The molecule has 5 nitrogen and oxygen atoms in total. The Kier molecular flexibility index (Phi) is 3.60. The van der Waals surface area contributed by atoms with Gasteiger partial charge in [-0.05, 0) is 37.3 Å². The summed E-state index contributed by atoms with van der Waals surface area (Å²) in [6.07, 6.45) is 5.57. The van der Waals surface area contributed by atoms with Gasteiger partial charge in [0, 0.05) is 18.9 Å². The SMILES string of the molecule is O=C(NCC1CCC(O)C1)c1cccc2nccnc12. The molecule has 0 aliphatic heterocycles. The highest BCUT2D eigenvalue weighted by Crippen LogP contribution is 2.24. The Morgan fingerprint density at radius 2 is 2.15 bits per heavy atom. The van der Waals surface area contributed by atoms with E-state index >= 15 is 0 Å². The first-order chi connectivity index (χ1) is 9.74.